The van der Waals surface area contributed by atoms with Crippen LogP contribution in [0.2, 0.25) is 0 Å². The Morgan fingerprint density at radius 1 is 0.952 bits per heavy atom. The molecular formula is C18H39N3. The zero-order valence-corrected chi connectivity index (χ0v) is 14.8. The average Bonchev–Trinajstić information content (AvgIpc) is 2.73. The molecule has 0 radical (unpaired) electrons. The van der Waals surface area contributed by atoms with Gasteiger partial charge in [0.25, 0.3) is 0 Å². The number of nitrogens with one attached hydrogen (secondary N) is 1. The monoisotopic (exact) mass is 297 g/mol. The van der Waals surface area contributed by atoms with Crippen LogP contribution in [0.15, 0.2) is 0 Å². The standard InChI is InChI=1S/C18H39N3/c1-4-5-6-7-8-11-14-17(20-19)18(21(2)3)15-12-9-10-13-16-18/h17,20H,4-16,19H2,1-3H3. The highest BCUT2D eigenvalue weighted by Crippen LogP contribution is 2.35. The summed E-state index contributed by atoms with van der Waals surface area (Å²) in [5, 5.41) is 0. The zero-order chi connectivity index (χ0) is 15.6. The molecule has 3 nitrogen and oxygen atoms in total. The molecule has 1 unspecified atom stereocenters. The molecule has 0 aromatic rings. The molecule has 3 N–H and O–H groups in total. The van der Waals surface area contributed by atoms with Gasteiger partial charge in [-0.05, 0) is 33.4 Å². The lowest BCUT2D eigenvalue weighted by atomic mass is 9.79. The van der Waals surface area contributed by atoms with Crippen molar-refractivity contribution in [2.75, 3.05) is 14.1 Å². The molecule has 0 amide bonds. The quantitative estimate of drug-likeness (QED) is 0.274. The number of hydrazine groups is 1. The van der Waals surface area contributed by atoms with Gasteiger partial charge in [0.15, 0.2) is 0 Å². The Bertz CT molecular complexity index is 245. The number of hydrogen-bond acceptors (Lipinski definition) is 3. The van der Waals surface area contributed by atoms with E-state index in [1.807, 2.05) is 0 Å². The van der Waals surface area contributed by atoms with E-state index < -0.39 is 0 Å². The number of hydrogen-bond donors (Lipinski definition) is 2. The first-order chi connectivity index (χ1) is 10.2. The summed E-state index contributed by atoms with van der Waals surface area (Å²) in [7, 11) is 4.49. The minimum absolute atomic E-state index is 0.272. The molecular weight excluding hydrogens is 258 g/mol. The summed E-state index contributed by atoms with van der Waals surface area (Å²) in [5.41, 5.74) is 3.45. The van der Waals surface area contributed by atoms with Gasteiger partial charge >= 0.3 is 0 Å². The van der Waals surface area contributed by atoms with Crippen LogP contribution < -0.4 is 11.3 Å². The summed E-state index contributed by atoms with van der Waals surface area (Å²) in [6.45, 7) is 2.28. The van der Waals surface area contributed by atoms with Crippen molar-refractivity contribution in [2.24, 2.45) is 5.84 Å². The van der Waals surface area contributed by atoms with Gasteiger partial charge in [0.1, 0.15) is 0 Å². The molecule has 1 fully saturated rings. The topological polar surface area (TPSA) is 41.3 Å². The average molecular weight is 298 g/mol. The van der Waals surface area contributed by atoms with Gasteiger partial charge in [0.2, 0.25) is 0 Å². The van der Waals surface area contributed by atoms with Crippen molar-refractivity contribution in [3.63, 3.8) is 0 Å². The van der Waals surface area contributed by atoms with Crippen molar-refractivity contribution in [2.45, 2.75) is 102 Å². The van der Waals surface area contributed by atoms with Gasteiger partial charge in [-0.2, -0.15) is 0 Å². The number of nitrogens with two attached hydrogens (primary N) is 1. The van der Waals surface area contributed by atoms with Crippen molar-refractivity contribution >= 4 is 0 Å². The van der Waals surface area contributed by atoms with E-state index in [1.165, 1.54) is 83.5 Å². The Kier molecular flexibility index (Phi) is 9.54. The Balaban J connectivity index is 2.49. The van der Waals surface area contributed by atoms with Crippen LogP contribution in [-0.4, -0.2) is 30.6 Å². The Morgan fingerprint density at radius 3 is 2.05 bits per heavy atom. The first-order valence-corrected chi connectivity index (χ1v) is 9.31. The van der Waals surface area contributed by atoms with Gasteiger partial charge in [-0.1, -0.05) is 71.1 Å². The lowest BCUT2D eigenvalue weighted by Gasteiger charge is -2.45. The largest absolute Gasteiger partial charge is 0.302 e. The molecule has 0 aromatic heterocycles. The molecule has 21 heavy (non-hydrogen) atoms. The molecule has 3 heteroatoms. The van der Waals surface area contributed by atoms with Crippen LogP contribution in [0.3, 0.4) is 0 Å². The predicted molar refractivity (Wildman–Crippen MR) is 93.2 cm³/mol. The van der Waals surface area contributed by atoms with E-state index in [1.54, 1.807) is 0 Å². The van der Waals surface area contributed by atoms with Crippen molar-refractivity contribution in [1.29, 1.82) is 0 Å². The molecule has 0 heterocycles. The maximum atomic E-state index is 5.96. The summed E-state index contributed by atoms with van der Waals surface area (Å²) >= 11 is 0. The maximum Gasteiger partial charge on any atom is 0.0394 e. The third-order valence-corrected chi connectivity index (χ3v) is 5.56. The third-order valence-electron chi connectivity index (χ3n) is 5.56. The lowest BCUT2D eigenvalue weighted by Crippen LogP contribution is -2.60. The number of unbranched alkanes of at least 4 members (excludes halogenated alkanes) is 5. The second kappa shape index (κ2) is 10.6. The van der Waals surface area contributed by atoms with Crippen LogP contribution in [0.4, 0.5) is 0 Å². The molecule has 0 aliphatic heterocycles. The molecule has 0 aromatic carbocycles. The SMILES string of the molecule is CCCCCCCCC(NN)C1(N(C)C)CCCCCC1. The molecule has 1 aliphatic rings. The highest BCUT2D eigenvalue weighted by Gasteiger charge is 2.39. The van der Waals surface area contributed by atoms with Crippen LogP contribution in [0.1, 0.15) is 90.4 Å². The van der Waals surface area contributed by atoms with Gasteiger partial charge in [0, 0.05) is 11.6 Å². The minimum Gasteiger partial charge on any atom is -0.302 e. The molecule has 0 bridgehead atoms. The highest BCUT2D eigenvalue weighted by molar-refractivity contribution is 4.98. The molecule has 1 atom stereocenters. The fourth-order valence-electron chi connectivity index (χ4n) is 4.08. The van der Waals surface area contributed by atoms with E-state index in [-0.39, 0.29) is 5.54 Å². The highest BCUT2D eigenvalue weighted by atomic mass is 15.3. The lowest BCUT2D eigenvalue weighted by molar-refractivity contribution is 0.0750. The van der Waals surface area contributed by atoms with E-state index in [2.05, 4.69) is 31.3 Å². The van der Waals surface area contributed by atoms with E-state index in [4.69, 9.17) is 5.84 Å². The first kappa shape index (κ1) is 18.9. The number of nitrogens with zero attached hydrogens (tertiary/aromatic N) is 1. The first-order valence-electron chi connectivity index (χ1n) is 9.31. The fraction of sp³-hybridized carbons (Fsp3) is 1.00. The normalized spacial score (nSPS) is 20.4. The molecule has 1 rings (SSSR count). The summed E-state index contributed by atoms with van der Waals surface area (Å²) in [5.74, 6) is 5.96. The Labute approximate surface area is 133 Å². The smallest absolute Gasteiger partial charge is 0.0394 e. The summed E-state index contributed by atoms with van der Waals surface area (Å²) < 4.78 is 0. The Morgan fingerprint density at radius 2 is 1.52 bits per heavy atom. The Hall–Kier alpha value is -0.120. The number of rotatable bonds is 10. The molecule has 0 saturated heterocycles. The van der Waals surface area contributed by atoms with E-state index >= 15 is 0 Å². The van der Waals surface area contributed by atoms with Gasteiger partial charge in [-0.15, -0.1) is 0 Å². The van der Waals surface area contributed by atoms with E-state index in [0.717, 1.165) is 0 Å². The van der Waals surface area contributed by atoms with Crippen LogP contribution in [0.5, 0.6) is 0 Å². The van der Waals surface area contributed by atoms with Gasteiger partial charge in [-0.3, -0.25) is 11.3 Å². The van der Waals surface area contributed by atoms with E-state index in [0.29, 0.717) is 6.04 Å². The van der Waals surface area contributed by atoms with Crippen molar-refractivity contribution in [1.82, 2.24) is 10.3 Å². The maximum absolute atomic E-state index is 5.96. The van der Waals surface area contributed by atoms with Crippen molar-refractivity contribution in [3.05, 3.63) is 0 Å². The van der Waals surface area contributed by atoms with Crippen LogP contribution in [-0.2, 0) is 0 Å². The van der Waals surface area contributed by atoms with Crippen molar-refractivity contribution in [3.8, 4) is 0 Å². The second-order valence-corrected chi connectivity index (χ2v) is 7.19. The molecule has 126 valence electrons. The fourth-order valence-corrected chi connectivity index (χ4v) is 4.08. The van der Waals surface area contributed by atoms with Crippen molar-refractivity contribution < 1.29 is 0 Å². The summed E-state index contributed by atoms with van der Waals surface area (Å²) in [4.78, 5) is 2.46. The zero-order valence-electron chi connectivity index (χ0n) is 14.8. The second-order valence-electron chi connectivity index (χ2n) is 7.19. The molecule has 1 saturated carbocycles. The predicted octanol–water partition coefficient (Wildman–Crippen LogP) is 4.22. The summed E-state index contributed by atoms with van der Waals surface area (Å²) in [6.07, 6.45) is 17.5. The van der Waals surface area contributed by atoms with Gasteiger partial charge < -0.3 is 4.90 Å². The molecule has 1 aliphatic carbocycles. The van der Waals surface area contributed by atoms with Crippen LogP contribution in [0, 0.1) is 0 Å². The van der Waals surface area contributed by atoms with E-state index in [9.17, 15) is 0 Å². The van der Waals surface area contributed by atoms with Gasteiger partial charge in [-0.25, -0.2) is 0 Å². The molecule has 0 spiro atoms. The van der Waals surface area contributed by atoms with Crippen LogP contribution >= 0.6 is 0 Å². The summed E-state index contributed by atoms with van der Waals surface area (Å²) in [6, 6.07) is 0.441. The van der Waals surface area contributed by atoms with Crippen LogP contribution in [0.25, 0.3) is 0 Å². The number of likely N-dealkylation sites (N-methyl/N-ethyl adjacent to an activating group) is 1. The third kappa shape index (κ3) is 5.88. The minimum atomic E-state index is 0.272. The van der Waals surface area contributed by atoms with Gasteiger partial charge in [0.05, 0.1) is 0 Å².